The first-order valence-corrected chi connectivity index (χ1v) is 9.12. The van der Waals surface area contributed by atoms with Gasteiger partial charge in [0.2, 0.25) is 5.91 Å². The number of carbonyl (C=O) groups excluding carboxylic acids is 2. The Kier molecular flexibility index (Phi) is 5.52. The van der Waals surface area contributed by atoms with E-state index in [1.54, 1.807) is 0 Å². The van der Waals surface area contributed by atoms with Crippen LogP contribution in [0.2, 0.25) is 0 Å². The summed E-state index contributed by atoms with van der Waals surface area (Å²) in [7, 11) is 0. The lowest BCUT2D eigenvalue weighted by molar-refractivity contribution is -0.123. The summed E-state index contributed by atoms with van der Waals surface area (Å²) in [5.74, 6) is -0.392. The third-order valence-electron chi connectivity index (χ3n) is 5.04. The number of hydrogen-bond acceptors (Lipinski definition) is 4. The number of likely N-dealkylation sites (tertiary alicyclic amines) is 1. The van der Waals surface area contributed by atoms with Crippen LogP contribution in [0.5, 0.6) is 0 Å². The van der Waals surface area contributed by atoms with Gasteiger partial charge >= 0.3 is 0 Å². The third kappa shape index (κ3) is 4.02. The molecule has 26 heavy (non-hydrogen) atoms. The van der Waals surface area contributed by atoms with Crippen molar-refractivity contribution in [3.8, 4) is 0 Å². The zero-order valence-electron chi connectivity index (χ0n) is 15.4. The lowest BCUT2D eigenvalue weighted by Gasteiger charge is -2.31. The number of piperidine rings is 1. The summed E-state index contributed by atoms with van der Waals surface area (Å²) in [6, 6.07) is 7.72. The van der Waals surface area contributed by atoms with Gasteiger partial charge in [-0.2, -0.15) is 0 Å². The first-order valence-electron chi connectivity index (χ1n) is 9.12. The number of nitrogens with one attached hydrogen (secondary N) is 1. The van der Waals surface area contributed by atoms with Crippen LogP contribution in [0.25, 0.3) is 10.9 Å². The van der Waals surface area contributed by atoms with Crippen molar-refractivity contribution in [2.24, 2.45) is 11.7 Å². The summed E-state index contributed by atoms with van der Waals surface area (Å²) in [4.78, 5) is 30.8. The van der Waals surface area contributed by atoms with Crippen LogP contribution in [0, 0.1) is 19.8 Å². The number of rotatable bonds is 5. The van der Waals surface area contributed by atoms with Gasteiger partial charge in [-0.15, -0.1) is 0 Å². The van der Waals surface area contributed by atoms with Crippen molar-refractivity contribution in [3.63, 3.8) is 0 Å². The molecule has 1 aromatic carbocycles. The molecule has 2 aromatic rings. The maximum atomic E-state index is 12.7. The molecule has 1 unspecified atom stereocenters. The number of hydrogen-bond donors (Lipinski definition) is 2. The van der Waals surface area contributed by atoms with Gasteiger partial charge in [0.1, 0.15) is 0 Å². The fourth-order valence-electron chi connectivity index (χ4n) is 3.62. The number of benzene rings is 1. The number of nitrogens with two attached hydrogens (primary N) is 1. The first-order chi connectivity index (χ1) is 12.5. The van der Waals surface area contributed by atoms with Gasteiger partial charge in [-0.25, -0.2) is 0 Å². The van der Waals surface area contributed by atoms with E-state index in [-0.39, 0.29) is 17.7 Å². The van der Waals surface area contributed by atoms with E-state index in [1.807, 2.05) is 38.1 Å². The Labute approximate surface area is 153 Å². The van der Waals surface area contributed by atoms with Crippen LogP contribution in [0.3, 0.4) is 0 Å². The molecule has 0 bridgehead atoms. The Bertz CT molecular complexity index is 834. The van der Waals surface area contributed by atoms with E-state index in [0.29, 0.717) is 18.7 Å². The highest BCUT2D eigenvalue weighted by atomic mass is 16.2. The monoisotopic (exact) mass is 354 g/mol. The molecule has 0 aliphatic carbocycles. The molecule has 138 valence electrons. The molecule has 0 radical (unpaired) electrons. The molecule has 1 atom stereocenters. The van der Waals surface area contributed by atoms with Crippen molar-refractivity contribution in [2.75, 3.05) is 26.2 Å². The van der Waals surface area contributed by atoms with Crippen molar-refractivity contribution in [2.45, 2.75) is 26.7 Å². The number of primary amides is 1. The van der Waals surface area contributed by atoms with Gasteiger partial charge in [0.15, 0.2) is 0 Å². The smallest absolute Gasteiger partial charge is 0.252 e. The second-order valence-electron chi connectivity index (χ2n) is 7.08. The number of fused-ring (bicyclic) bond motifs is 1. The summed E-state index contributed by atoms with van der Waals surface area (Å²) >= 11 is 0. The third-order valence-corrected chi connectivity index (χ3v) is 5.04. The highest BCUT2D eigenvalue weighted by molar-refractivity contribution is 6.06. The molecule has 0 saturated carbocycles. The van der Waals surface area contributed by atoms with Crippen LogP contribution in [0.15, 0.2) is 24.3 Å². The summed E-state index contributed by atoms with van der Waals surface area (Å²) in [6.45, 7) is 6.79. The molecule has 0 spiro atoms. The minimum Gasteiger partial charge on any atom is -0.369 e. The molecule has 2 heterocycles. The number of amides is 2. The number of pyridine rings is 1. The molecule has 1 saturated heterocycles. The number of para-hydroxylation sites is 1. The second kappa shape index (κ2) is 7.83. The zero-order chi connectivity index (χ0) is 18.7. The van der Waals surface area contributed by atoms with Crippen LogP contribution in [-0.2, 0) is 4.79 Å². The van der Waals surface area contributed by atoms with Crippen molar-refractivity contribution in [1.82, 2.24) is 15.2 Å². The van der Waals surface area contributed by atoms with Crippen molar-refractivity contribution in [1.29, 1.82) is 0 Å². The summed E-state index contributed by atoms with van der Waals surface area (Å²) in [6.07, 6.45) is 1.83. The molecule has 6 nitrogen and oxygen atoms in total. The van der Waals surface area contributed by atoms with E-state index in [2.05, 4.69) is 15.2 Å². The van der Waals surface area contributed by atoms with E-state index >= 15 is 0 Å². The van der Waals surface area contributed by atoms with Crippen LogP contribution < -0.4 is 11.1 Å². The number of carbonyl (C=O) groups is 2. The van der Waals surface area contributed by atoms with Crippen LogP contribution >= 0.6 is 0 Å². The minimum absolute atomic E-state index is 0.0748. The van der Waals surface area contributed by atoms with Gasteiger partial charge in [0.05, 0.1) is 17.0 Å². The predicted molar refractivity (Wildman–Crippen MR) is 102 cm³/mol. The lowest BCUT2D eigenvalue weighted by atomic mass is 9.97. The van der Waals surface area contributed by atoms with E-state index < -0.39 is 0 Å². The molecular formula is C20H26N4O2. The van der Waals surface area contributed by atoms with Gasteiger partial charge in [-0.1, -0.05) is 18.2 Å². The van der Waals surface area contributed by atoms with Crippen LogP contribution in [-0.4, -0.2) is 47.9 Å². The summed E-state index contributed by atoms with van der Waals surface area (Å²) < 4.78 is 0. The second-order valence-corrected chi connectivity index (χ2v) is 7.08. The number of aromatic nitrogens is 1. The van der Waals surface area contributed by atoms with Crippen LogP contribution in [0.1, 0.15) is 34.5 Å². The molecule has 1 fully saturated rings. The maximum Gasteiger partial charge on any atom is 0.252 e. The average Bonchev–Trinajstić information content (AvgIpc) is 2.62. The minimum atomic E-state index is -0.229. The Morgan fingerprint density at radius 1 is 1.35 bits per heavy atom. The molecule has 2 amide bonds. The van der Waals surface area contributed by atoms with Gasteiger partial charge in [-0.05, 0) is 44.9 Å². The SMILES string of the molecule is Cc1cc(C(=O)NCCN2CCCC(C(N)=O)C2)c2cccc(C)c2n1. The molecule has 3 rings (SSSR count). The molecule has 3 N–H and O–H groups in total. The van der Waals surface area contributed by atoms with E-state index in [0.717, 1.165) is 48.1 Å². The van der Waals surface area contributed by atoms with Crippen molar-refractivity contribution in [3.05, 3.63) is 41.1 Å². The standard InChI is InChI=1S/C20H26N4O2/c1-13-5-3-7-16-17(11-14(2)23-18(13)16)20(26)22-8-10-24-9-4-6-15(12-24)19(21)25/h3,5,7,11,15H,4,6,8-10,12H2,1-2H3,(H2,21,25)(H,22,26). The largest absolute Gasteiger partial charge is 0.369 e. The van der Waals surface area contributed by atoms with Crippen molar-refractivity contribution < 1.29 is 9.59 Å². The summed E-state index contributed by atoms with van der Waals surface area (Å²) in [5.41, 5.74) is 8.84. The van der Waals surface area contributed by atoms with Crippen LogP contribution in [0.4, 0.5) is 0 Å². The van der Waals surface area contributed by atoms with E-state index in [1.165, 1.54) is 0 Å². The highest BCUT2D eigenvalue weighted by Gasteiger charge is 2.23. The highest BCUT2D eigenvalue weighted by Crippen LogP contribution is 2.21. The Balaban J connectivity index is 1.65. The van der Waals surface area contributed by atoms with E-state index in [4.69, 9.17) is 5.73 Å². The fraction of sp³-hybridized carbons (Fsp3) is 0.450. The van der Waals surface area contributed by atoms with Crippen molar-refractivity contribution >= 4 is 22.7 Å². The van der Waals surface area contributed by atoms with Gasteiger partial charge in [-0.3, -0.25) is 14.6 Å². The Morgan fingerprint density at radius 3 is 2.92 bits per heavy atom. The van der Waals surface area contributed by atoms with Gasteiger partial charge < -0.3 is 16.0 Å². The lowest BCUT2D eigenvalue weighted by Crippen LogP contribution is -2.44. The fourth-order valence-corrected chi connectivity index (χ4v) is 3.62. The Hall–Kier alpha value is -2.47. The zero-order valence-corrected chi connectivity index (χ0v) is 15.4. The summed E-state index contributed by atoms with van der Waals surface area (Å²) in [5, 5.41) is 3.88. The number of aryl methyl sites for hydroxylation is 2. The average molecular weight is 354 g/mol. The van der Waals surface area contributed by atoms with Gasteiger partial charge in [0, 0.05) is 30.7 Å². The maximum absolute atomic E-state index is 12.7. The van der Waals surface area contributed by atoms with E-state index in [9.17, 15) is 9.59 Å². The molecule has 1 aromatic heterocycles. The topological polar surface area (TPSA) is 88.3 Å². The normalized spacial score (nSPS) is 18.0. The first kappa shape index (κ1) is 18.3. The molecular weight excluding hydrogens is 328 g/mol. The molecule has 6 heteroatoms. The number of nitrogens with zero attached hydrogens (tertiary/aromatic N) is 2. The molecule has 1 aliphatic heterocycles. The Morgan fingerprint density at radius 2 is 2.15 bits per heavy atom. The quantitative estimate of drug-likeness (QED) is 0.857. The van der Waals surface area contributed by atoms with Gasteiger partial charge in [0.25, 0.3) is 5.91 Å². The molecule has 1 aliphatic rings. The predicted octanol–water partition coefficient (Wildman–Crippen LogP) is 1.78.